The fourth-order valence-corrected chi connectivity index (χ4v) is 6.39. The summed E-state index contributed by atoms with van der Waals surface area (Å²) in [5, 5.41) is 5.14. The van der Waals surface area contributed by atoms with Crippen molar-refractivity contribution in [2.24, 2.45) is 0 Å². The maximum atomic E-state index is 12.4. The molecule has 41 heavy (non-hydrogen) atoms. The molecule has 1 aliphatic heterocycles. The second kappa shape index (κ2) is 11.4. The fourth-order valence-electron chi connectivity index (χ4n) is 6.39. The first kappa shape index (κ1) is 27.6. The molecule has 6 rings (SSSR count). The fraction of sp³-hybridized carbons (Fsp3) is 0.515. The van der Waals surface area contributed by atoms with Crippen LogP contribution in [0.15, 0.2) is 48.9 Å². The van der Waals surface area contributed by atoms with Gasteiger partial charge in [0.1, 0.15) is 11.3 Å². The molecule has 2 unspecified atom stereocenters. The number of rotatable bonds is 5. The number of carbonyl (C=O) groups is 2. The topological polar surface area (TPSA) is 86.5 Å². The number of hydrogen-bond acceptors (Lipinski definition) is 6. The average Bonchev–Trinajstić information content (AvgIpc) is 3.57. The van der Waals surface area contributed by atoms with E-state index in [2.05, 4.69) is 28.0 Å². The molecule has 2 aromatic heterocycles. The van der Waals surface area contributed by atoms with Crippen molar-refractivity contribution in [1.29, 1.82) is 0 Å². The Hall–Kier alpha value is -3.52. The molecule has 0 spiro atoms. The van der Waals surface area contributed by atoms with E-state index >= 15 is 0 Å². The number of pyridine rings is 1. The third-order valence-electron chi connectivity index (χ3n) is 8.47. The number of aromatic nitrogens is 3. The molecule has 0 N–H and O–H groups in total. The van der Waals surface area contributed by atoms with Crippen molar-refractivity contribution in [3.63, 3.8) is 0 Å². The first-order valence-corrected chi connectivity index (χ1v) is 15.0. The molecular weight excluding hydrogens is 516 g/mol. The molecule has 1 saturated heterocycles. The van der Waals surface area contributed by atoms with Gasteiger partial charge in [-0.05, 0) is 89.0 Å². The van der Waals surface area contributed by atoms with Gasteiger partial charge < -0.3 is 14.4 Å². The van der Waals surface area contributed by atoms with E-state index in [1.165, 1.54) is 0 Å². The van der Waals surface area contributed by atoms with E-state index < -0.39 is 5.60 Å². The van der Waals surface area contributed by atoms with Gasteiger partial charge in [0.2, 0.25) is 0 Å². The zero-order valence-electron chi connectivity index (χ0n) is 24.3. The van der Waals surface area contributed by atoms with Gasteiger partial charge in [0, 0.05) is 54.8 Å². The minimum atomic E-state index is -0.481. The molecule has 3 aromatic rings. The smallest absolute Gasteiger partial charge is 0.410 e. The lowest BCUT2D eigenvalue weighted by Gasteiger charge is -2.37. The number of aryl methyl sites for hydroxylation is 1. The summed E-state index contributed by atoms with van der Waals surface area (Å²) < 4.78 is 14.3. The van der Waals surface area contributed by atoms with E-state index in [1.807, 2.05) is 39.0 Å². The summed E-state index contributed by atoms with van der Waals surface area (Å²) in [4.78, 5) is 30.7. The van der Waals surface area contributed by atoms with E-state index in [0.717, 1.165) is 78.5 Å². The van der Waals surface area contributed by atoms with Crippen molar-refractivity contribution in [2.45, 2.75) is 96.0 Å². The first-order chi connectivity index (χ1) is 19.7. The molecular formula is C33H40N4O4. The summed E-state index contributed by atoms with van der Waals surface area (Å²) in [7, 11) is 0. The minimum absolute atomic E-state index is 0.159. The Kier molecular flexibility index (Phi) is 7.68. The summed E-state index contributed by atoms with van der Waals surface area (Å²) in [6, 6.07) is 10.5. The van der Waals surface area contributed by atoms with Gasteiger partial charge in [-0.2, -0.15) is 5.10 Å². The van der Waals surface area contributed by atoms with E-state index in [9.17, 15) is 9.59 Å². The van der Waals surface area contributed by atoms with Crippen molar-refractivity contribution < 1.29 is 19.1 Å². The van der Waals surface area contributed by atoms with Gasteiger partial charge in [-0.3, -0.25) is 14.5 Å². The van der Waals surface area contributed by atoms with Crippen LogP contribution >= 0.6 is 0 Å². The van der Waals surface area contributed by atoms with Crippen molar-refractivity contribution in [2.75, 3.05) is 13.1 Å². The molecule has 8 heteroatoms. The molecule has 1 aromatic carbocycles. The summed E-state index contributed by atoms with van der Waals surface area (Å²) in [6.07, 6.45) is 13.1. The maximum absolute atomic E-state index is 12.4. The second-order valence-corrected chi connectivity index (χ2v) is 12.6. The summed E-state index contributed by atoms with van der Waals surface area (Å²) in [5.74, 6) is 0.236. The number of ketones is 1. The van der Waals surface area contributed by atoms with Crippen LogP contribution in [0.4, 0.5) is 4.79 Å². The average molecular weight is 557 g/mol. The van der Waals surface area contributed by atoms with Crippen LogP contribution < -0.4 is 0 Å². The molecule has 2 fully saturated rings. The van der Waals surface area contributed by atoms with Crippen LogP contribution in [0.3, 0.4) is 0 Å². The van der Waals surface area contributed by atoms with Gasteiger partial charge >= 0.3 is 6.09 Å². The van der Waals surface area contributed by atoms with Gasteiger partial charge in [0.25, 0.3) is 0 Å². The van der Waals surface area contributed by atoms with E-state index in [-0.39, 0.29) is 30.1 Å². The highest BCUT2D eigenvalue weighted by molar-refractivity contribution is 6.01. The zero-order chi connectivity index (χ0) is 28.6. The molecule has 1 amide bonds. The molecule has 3 heterocycles. The maximum Gasteiger partial charge on any atom is 0.410 e. The van der Waals surface area contributed by atoms with Crippen LogP contribution in [0.5, 0.6) is 0 Å². The van der Waals surface area contributed by atoms with Crippen molar-refractivity contribution >= 4 is 11.9 Å². The SMILES string of the molecule is CC(C)(C)OC(=O)N1CCC(OC2CCCC(n3cc(-c4ccc5c(c4)CCC5=O)c(-c4ccncc4)n3)C2)CC1. The van der Waals surface area contributed by atoms with Gasteiger partial charge in [-0.25, -0.2) is 4.79 Å². The number of Topliss-reactive ketones (excluding diaryl/α,β-unsaturated/α-hetero) is 1. The molecule has 216 valence electrons. The van der Waals surface area contributed by atoms with Gasteiger partial charge in [-0.1, -0.05) is 18.2 Å². The van der Waals surface area contributed by atoms with Crippen molar-refractivity contribution in [3.05, 3.63) is 60.0 Å². The standard InChI is InChI=1S/C33H40N4O4/c1-33(2,3)41-32(39)36-17-13-26(14-18-36)40-27-6-4-5-25(20-27)37-21-29(31(35-37)22-11-15-34-16-12-22)24-7-9-28-23(19-24)8-10-30(28)38/h7,9,11-12,15-16,19,21,25-27H,4-6,8,10,13-14,17-18,20H2,1-3H3. The molecule has 2 atom stereocenters. The third-order valence-corrected chi connectivity index (χ3v) is 8.47. The Bertz CT molecular complexity index is 1400. The summed E-state index contributed by atoms with van der Waals surface area (Å²) in [5.41, 5.74) is 5.65. The van der Waals surface area contributed by atoms with E-state index in [1.54, 1.807) is 17.3 Å². The van der Waals surface area contributed by atoms with Crippen LogP contribution in [0, 0.1) is 0 Å². The normalized spacial score (nSPS) is 21.6. The largest absolute Gasteiger partial charge is 0.444 e. The first-order valence-electron chi connectivity index (χ1n) is 15.0. The van der Waals surface area contributed by atoms with Crippen molar-refractivity contribution in [3.8, 4) is 22.4 Å². The lowest BCUT2D eigenvalue weighted by Crippen LogP contribution is -2.44. The number of piperidine rings is 1. The Morgan fingerprint density at radius 1 is 0.927 bits per heavy atom. The molecule has 1 saturated carbocycles. The lowest BCUT2D eigenvalue weighted by atomic mass is 9.92. The predicted octanol–water partition coefficient (Wildman–Crippen LogP) is 6.64. The lowest BCUT2D eigenvalue weighted by molar-refractivity contribution is -0.0647. The number of likely N-dealkylation sites (tertiary alicyclic amines) is 1. The second-order valence-electron chi connectivity index (χ2n) is 12.6. The Morgan fingerprint density at radius 3 is 2.46 bits per heavy atom. The number of benzene rings is 1. The van der Waals surface area contributed by atoms with Crippen LogP contribution in [0.25, 0.3) is 22.4 Å². The summed E-state index contributed by atoms with van der Waals surface area (Å²) in [6.45, 7) is 7.03. The minimum Gasteiger partial charge on any atom is -0.444 e. The Morgan fingerprint density at radius 2 is 1.71 bits per heavy atom. The monoisotopic (exact) mass is 556 g/mol. The van der Waals surface area contributed by atoms with E-state index in [0.29, 0.717) is 19.5 Å². The molecule has 8 nitrogen and oxygen atoms in total. The van der Waals surface area contributed by atoms with Crippen LogP contribution in [0.2, 0.25) is 0 Å². The predicted molar refractivity (Wildman–Crippen MR) is 157 cm³/mol. The number of hydrogen-bond donors (Lipinski definition) is 0. The zero-order valence-corrected chi connectivity index (χ0v) is 24.3. The van der Waals surface area contributed by atoms with Crippen molar-refractivity contribution in [1.82, 2.24) is 19.7 Å². The number of ether oxygens (including phenoxy) is 2. The van der Waals surface area contributed by atoms with Crippen LogP contribution in [0.1, 0.15) is 87.7 Å². The number of carbonyl (C=O) groups excluding carboxylic acids is 2. The Labute approximate surface area is 242 Å². The molecule has 0 radical (unpaired) electrons. The number of amides is 1. The summed E-state index contributed by atoms with van der Waals surface area (Å²) >= 11 is 0. The molecule has 0 bridgehead atoms. The quantitative estimate of drug-likeness (QED) is 0.350. The highest BCUT2D eigenvalue weighted by Crippen LogP contribution is 2.38. The van der Waals surface area contributed by atoms with Gasteiger partial charge in [0.15, 0.2) is 5.78 Å². The van der Waals surface area contributed by atoms with Crippen LogP contribution in [-0.4, -0.2) is 62.4 Å². The molecule has 3 aliphatic rings. The number of nitrogens with zero attached hydrogens (tertiary/aromatic N) is 4. The third kappa shape index (κ3) is 6.22. The number of fused-ring (bicyclic) bond motifs is 1. The highest BCUT2D eigenvalue weighted by Gasteiger charge is 2.32. The van der Waals surface area contributed by atoms with Crippen LogP contribution in [-0.2, 0) is 15.9 Å². The van der Waals surface area contributed by atoms with Gasteiger partial charge in [0.05, 0.1) is 18.2 Å². The molecule has 2 aliphatic carbocycles. The van der Waals surface area contributed by atoms with Gasteiger partial charge in [-0.15, -0.1) is 0 Å². The van der Waals surface area contributed by atoms with E-state index in [4.69, 9.17) is 14.6 Å². The highest BCUT2D eigenvalue weighted by atomic mass is 16.6. The Balaban J connectivity index is 1.16.